The number of nitrogens with zero attached hydrogens (tertiary/aromatic N) is 6. The van der Waals surface area contributed by atoms with Gasteiger partial charge in [0, 0.05) is 54.9 Å². The van der Waals surface area contributed by atoms with Crippen LogP contribution in [0.15, 0.2) is 30.5 Å². The molecule has 2 aromatic carbocycles. The van der Waals surface area contributed by atoms with Crippen molar-refractivity contribution in [3.63, 3.8) is 0 Å². The lowest BCUT2D eigenvalue weighted by Gasteiger charge is -2.37. The van der Waals surface area contributed by atoms with E-state index in [9.17, 15) is 14.8 Å². The minimum absolute atomic E-state index is 0.0687. The molecule has 0 radical (unpaired) electrons. The summed E-state index contributed by atoms with van der Waals surface area (Å²) in [4.78, 5) is 11.2. The summed E-state index contributed by atoms with van der Waals surface area (Å²) in [5.41, 5.74) is 1.91. The van der Waals surface area contributed by atoms with E-state index in [1.54, 1.807) is 19.3 Å². The number of halogens is 1. The normalized spacial score (nSPS) is 18.9. The molecule has 4 aromatic rings. The minimum atomic E-state index is -0.836. The van der Waals surface area contributed by atoms with Gasteiger partial charge >= 0.3 is 0 Å². The Hall–Kier alpha value is -3.77. The van der Waals surface area contributed by atoms with Gasteiger partial charge in [0.15, 0.2) is 23.1 Å². The molecule has 8 nitrogen and oxygen atoms in total. The molecule has 2 aromatic heterocycles. The number of hydrogen-bond donors (Lipinski definition) is 2. The SMILES string of the molecule is C[C@@H]1CN(c2ccc3nc(-c4cc5cn(C)nc5c(F)c4O)nc(C#N)c3c2)C[C@H](C)N1. The predicted molar refractivity (Wildman–Crippen MR) is 120 cm³/mol. The van der Waals surface area contributed by atoms with E-state index in [1.807, 2.05) is 18.2 Å². The molecule has 0 aliphatic carbocycles. The summed E-state index contributed by atoms with van der Waals surface area (Å²) >= 11 is 0. The lowest BCUT2D eigenvalue weighted by Crippen LogP contribution is -2.54. The maximum atomic E-state index is 14.7. The number of nitrogens with one attached hydrogen (secondary N) is 1. The summed E-state index contributed by atoms with van der Waals surface area (Å²) in [5.74, 6) is -1.33. The smallest absolute Gasteiger partial charge is 0.193 e. The second kappa shape index (κ2) is 7.43. The van der Waals surface area contributed by atoms with Gasteiger partial charge in [-0.15, -0.1) is 0 Å². The Kier molecular flexibility index (Phi) is 4.68. The second-order valence-electron chi connectivity index (χ2n) is 8.41. The Morgan fingerprint density at radius 1 is 1.19 bits per heavy atom. The van der Waals surface area contributed by atoms with Crippen LogP contribution in [0.25, 0.3) is 33.2 Å². The fourth-order valence-corrected chi connectivity index (χ4v) is 4.46. The highest BCUT2D eigenvalue weighted by Crippen LogP contribution is 2.36. The Labute approximate surface area is 183 Å². The van der Waals surface area contributed by atoms with Gasteiger partial charge in [0.2, 0.25) is 0 Å². The largest absolute Gasteiger partial charge is 0.504 e. The molecule has 5 rings (SSSR count). The Morgan fingerprint density at radius 2 is 1.94 bits per heavy atom. The van der Waals surface area contributed by atoms with E-state index in [0.717, 1.165) is 18.8 Å². The van der Waals surface area contributed by atoms with Gasteiger partial charge in [-0.3, -0.25) is 4.68 Å². The highest BCUT2D eigenvalue weighted by atomic mass is 19.1. The van der Waals surface area contributed by atoms with E-state index >= 15 is 0 Å². The topological polar surface area (TPSA) is 103 Å². The number of aromatic nitrogens is 4. The van der Waals surface area contributed by atoms with E-state index in [2.05, 4.69) is 45.2 Å². The highest BCUT2D eigenvalue weighted by Gasteiger charge is 2.23. The van der Waals surface area contributed by atoms with Crippen LogP contribution in [0.5, 0.6) is 5.75 Å². The molecule has 9 heteroatoms. The van der Waals surface area contributed by atoms with E-state index in [0.29, 0.717) is 28.4 Å². The Balaban J connectivity index is 1.63. The molecule has 2 atom stereocenters. The highest BCUT2D eigenvalue weighted by molar-refractivity contribution is 5.91. The monoisotopic (exact) mass is 431 g/mol. The van der Waals surface area contributed by atoms with Gasteiger partial charge in [0.05, 0.1) is 11.1 Å². The van der Waals surface area contributed by atoms with Crippen LogP contribution in [-0.4, -0.2) is 50.0 Å². The molecule has 0 amide bonds. The van der Waals surface area contributed by atoms with Crippen LogP contribution >= 0.6 is 0 Å². The van der Waals surface area contributed by atoms with Crippen molar-refractivity contribution in [2.24, 2.45) is 7.05 Å². The molecule has 0 saturated carbocycles. The molecule has 2 N–H and O–H groups in total. The first-order valence-corrected chi connectivity index (χ1v) is 10.4. The van der Waals surface area contributed by atoms with Crippen molar-refractivity contribution < 1.29 is 9.50 Å². The van der Waals surface area contributed by atoms with E-state index in [4.69, 9.17) is 0 Å². The van der Waals surface area contributed by atoms with Gasteiger partial charge in [0.25, 0.3) is 0 Å². The first-order valence-electron chi connectivity index (χ1n) is 10.4. The van der Waals surface area contributed by atoms with Gasteiger partial charge in [0.1, 0.15) is 11.6 Å². The number of fused-ring (bicyclic) bond motifs is 2. The lowest BCUT2D eigenvalue weighted by molar-refractivity contribution is 0.407. The summed E-state index contributed by atoms with van der Waals surface area (Å²) < 4.78 is 16.2. The third-order valence-electron chi connectivity index (χ3n) is 5.78. The molecule has 3 heterocycles. The Morgan fingerprint density at radius 3 is 2.66 bits per heavy atom. The molecular weight excluding hydrogens is 409 g/mol. The third-order valence-corrected chi connectivity index (χ3v) is 5.78. The van der Waals surface area contributed by atoms with Crippen LogP contribution in [0.3, 0.4) is 0 Å². The maximum absolute atomic E-state index is 14.7. The molecule has 1 aliphatic heterocycles. The van der Waals surface area contributed by atoms with Crippen LogP contribution in [0.2, 0.25) is 0 Å². The van der Waals surface area contributed by atoms with Crippen LogP contribution in [0.4, 0.5) is 10.1 Å². The summed E-state index contributed by atoms with van der Waals surface area (Å²) in [5, 5.41) is 28.9. The van der Waals surface area contributed by atoms with E-state index < -0.39 is 11.6 Å². The number of rotatable bonds is 2. The number of anilines is 1. The minimum Gasteiger partial charge on any atom is -0.504 e. The maximum Gasteiger partial charge on any atom is 0.193 e. The Bertz CT molecular complexity index is 1400. The van der Waals surface area contributed by atoms with Crippen molar-refractivity contribution in [3.05, 3.63) is 42.0 Å². The zero-order valence-electron chi connectivity index (χ0n) is 18.0. The number of nitriles is 1. The number of hydrogen-bond acceptors (Lipinski definition) is 7. The van der Waals surface area contributed by atoms with Crippen molar-refractivity contribution in [1.29, 1.82) is 5.26 Å². The fraction of sp³-hybridized carbons (Fsp3) is 0.304. The lowest BCUT2D eigenvalue weighted by atomic mass is 10.1. The average Bonchev–Trinajstić information content (AvgIpc) is 3.15. The zero-order chi connectivity index (χ0) is 22.6. The molecule has 0 unspecified atom stereocenters. The molecular formula is C23H22FN7O. The van der Waals surface area contributed by atoms with Crippen molar-refractivity contribution >= 4 is 27.5 Å². The molecule has 32 heavy (non-hydrogen) atoms. The van der Waals surface area contributed by atoms with Gasteiger partial charge in [-0.2, -0.15) is 10.4 Å². The number of phenols is 1. The number of benzene rings is 2. The molecule has 0 spiro atoms. The van der Waals surface area contributed by atoms with E-state index in [-0.39, 0.29) is 22.6 Å². The molecule has 162 valence electrons. The van der Waals surface area contributed by atoms with Gasteiger partial charge in [-0.05, 0) is 38.1 Å². The van der Waals surface area contributed by atoms with Crippen molar-refractivity contribution in [2.75, 3.05) is 18.0 Å². The summed E-state index contributed by atoms with van der Waals surface area (Å²) in [6.07, 6.45) is 1.65. The molecule has 0 bridgehead atoms. The number of piperazine rings is 1. The molecule has 1 aliphatic rings. The van der Waals surface area contributed by atoms with Crippen LogP contribution < -0.4 is 10.2 Å². The van der Waals surface area contributed by atoms with Crippen molar-refractivity contribution in [2.45, 2.75) is 25.9 Å². The third kappa shape index (κ3) is 3.29. The van der Waals surface area contributed by atoms with Crippen LogP contribution in [0, 0.1) is 17.1 Å². The standard InChI is InChI=1S/C23H22FN7O/c1-12-9-31(10-13(2)26-12)15-4-5-18-16(7-15)19(8-25)28-23(27-18)17-6-14-11-30(3)29-21(14)20(24)22(17)32/h4-7,11-13,26,32H,9-10H2,1-3H3/t12-,13+. The van der Waals surface area contributed by atoms with Crippen LogP contribution in [-0.2, 0) is 7.05 Å². The van der Waals surface area contributed by atoms with E-state index in [1.165, 1.54) is 4.68 Å². The zero-order valence-corrected chi connectivity index (χ0v) is 18.0. The number of aromatic hydroxyl groups is 1. The predicted octanol–water partition coefficient (Wildman–Crippen LogP) is 3.09. The quantitative estimate of drug-likeness (QED) is 0.503. The first kappa shape index (κ1) is 20.2. The molecule has 1 saturated heterocycles. The summed E-state index contributed by atoms with van der Waals surface area (Å²) in [6, 6.07) is 10.1. The van der Waals surface area contributed by atoms with Gasteiger partial charge < -0.3 is 15.3 Å². The van der Waals surface area contributed by atoms with Gasteiger partial charge in [-0.25, -0.2) is 14.4 Å². The fourth-order valence-electron chi connectivity index (χ4n) is 4.46. The van der Waals surface area contributed by atoms with Crippen molar-refractivity contribution in [3.8, 4) is 23.2 Å². The first-order chi connectivity index (χ1) is 15.3. The van der Waals surface area contributed by atoms with Crippen molar-refractivity contribution in [1.82, 2.24) is 25.1 Å². The number of phenolic OH excluding ortho intramolecular Hbond substituents is 1. The summed E-state index contributed by atoms with van der Waals surface area (Å²) in [6.45, 7) is 6.00. The van der Waals surface area contributed by atoms with Crippen LogP contribution in [0.1, 0.15) is 19.5 Å². The number of aryl methyl sites for hydroxylation is 1. The second-order valence-corrected chi connectivity index (χ2v) is 8.41. The molecule has 1 fully saturated rings. The summed E-state index contributed by atoms with van der Waals surface area (Å²) in [7, 11) is 1.67. The van der Waals surface area contributed by atoms with Gasteiger partial charge in [-0.1, -0.05) is 0 Å². The average molecular weight is 431 g/mol.